The van der Waals surface area contributed by atoms with Crippen LogP contribution >= 0.6 is 0 Å². The lowest BCUT2D eigenvalue weighted by molar-refractivity contribution is -0.140. The van der Waals surface area contributed by atoms with E-state index in [1.54, 1.807) is 6.92 Å². The van der Waals surface area contributed by atoms with Crippen LogP contribution in [0.2, 0.25) is 0 Å². The second-order valence-electron chi connectivity index (χ2n) is 5.78. The number of carbonyl (C=O) groups excluding carboxylic acids is 3. The fourth-order valence-electron chi connectivity index (χ4n) is 3.05. The van der Waals surface area contributed by atoms with Crippen LogP contribution in [0.25, 0.3) is 0 Å². The van der Waals surface area contributed by atoms with Gasteiger partial charge in [-0.3, -0.25) is 19.3 Å². The molecule has 1 saturated carbocycles. The second kappa shape index (κ2) is 5.21. The third-order valence-electron chi connectivity index (χ3n) is 4.33. The molecule has 0 N–H and O–H groups in total. The quantitative estimate of drug-likeness (QED) is 0.718. The molecule has 18 heavy (non-hydrogen) atoms. The molecule has 2 amide bonds. The Labute approximate surface area is 108 Å². The highest BCUT2D eigenvalue weighted by Gasteiger charge is 2.37. The molecule has 0 bridgehead atoms. The SMILES string of the molecule is CC(=O)C1CCC(CN2C(=O)C[C@H](C)C2=O)CC1. The van der Waals surface area contributed by atoms with E-state index in [2.05, 4.69) is 0 Å². The van der Waals surface area contributed by atoms with Gasteiger partial charge in [0.05, 0.1) is 0 Å². The Morgan fingerprint density at radius 2 is 1.83 bits per heavy atom. The van der Waals surface area contributed by atoms with Crippen molar-refractivity contribution < 1.29 is 14.4 Å². The maximum atomic E-state index is 11.8. The van der Waals surface area contributed by atoms with Gasteiger partial charge in [0.2, 0.25) is 11.8 Å². The first-order valence-electron chi connectivity index (χ1n) is 6.83. The molecule has 0 unspecified atom stereocenters. The lowest BCUT2D eigenvalue weighted by Crippen LogP contribution is -2.36. The highest BCUT2D eigenvalue weighted by Crippen LogP contribution is 2.31. The Balaban J connectivity index is 1.87. The number of imide groups is 1. The Bertz CT molecular complexity index is 369. The summed E-state index contributed by atoms with van der Waals surface area (Å²) < 4.78 is 0. The largest absolute Gasteiger partial charge is 0.300 e. The highest BCUT2D eigenvalue weighted by molar-refractivity contribution is 6.03. The Hall–Kier alpha value is -1.19. The standard InChI is InChI=1S/C14H21NO3/c1-9-7-13(17)15(14(9)18)8-11-3-5-12(6-4-11)10(2)16/h9,11-12H,3-8H2,1-2H3/t9-,11?,12?/m0/s1. The van der Waals surface area contributed by atoms with Gasteiger partial charge in [-0.25, -0.2) is 0 Å². The Morgan fingerprint density at radius 1 is 1.22 bits per heavy atom. The molecule has 100 valence electrons. The summed E-state index contributed by atoms with van der Waals surface area (Å²) in [5, 5.41) is 0. The number of Topliss-reactive ketones (excluding diaryl/α,β-unsaturated/α-hetero) is 1. The third kappa shape index (κ3) is 2.62. The molecular weight excluding hydrogens is 230 g/mol. The summed E-state index contributed by atoms with van der Waals surface area (Å²) >= 11 is 0. The van der Waals surface area contributed by atoms with Crippen molar-refractivity contribution in [3.05, 3.63) is 0 Å². The van der Waals surface area contributed by atoms with E-state index < -0.39 is 0 Å². The molecule has 4 nitrogen and oxygen atoms in total. The van der Waals surface area contributed by atoms with Gasteiger partial charge < -0.3 is 0 Å². The molecule has 1 saturated heterocycles. The topological polar surface area (TPSA) is 54.5 Å². The molecule has 2 fully saturated rings. The smallest absolute Gasteiger partial charge is 0.232 e. The number of carbonyl (C=O) groups is 3. The number of hydrogen-bond donors (Lipinski definition) is 0. The molecule has 1 heterocycles. The van der Waals surface area contributed by atoms with E-state index in [4.69, 9.17) is 0 Å². The van der Waals surface area contributed by atoms with Gasteiger partial charge >= 0.3 is 0 Å². The van der Waals surface area contributed by atoms with E-state index >= 15 is 0 Å². The van der Waals surface area contributed by atoms with Gasteiger partial charge in [-0.2, -0.15) is 0 Å². The second-order valence-corrected chi connectivity index (χ2v) is 5.78. The number of nitrogens with zero attached hydrogens (tertiary/aromatic N) is 1. The minimum Gasteiger partial charge on any atom is -0.300 e. The number of likely N-dealkylation sites (tertiary alicyclic amines) is 1. The van der Waals surface area contributed by atoms with Crippen molar-refractivity contribution in [1.29, 1.82) is 0 Å². The van der Waals surface area contributed by atoms with Crippen LogP contribution in [-0.2, 0) is 14.4 Å². The van der Waals surface area contributed by atoms with Gasteiger partial charge in [0.1, 0.15) is 5.78 Å². The molecule has 0 radical (unpaired) electrons. The van der Waals surface area contributed by atoms with E-state index in [9.17, 15) is 14.4 Å². The molecule has 1 atom stereocenters. The highest BCUT2D eigenvalue weighted by atomic mass is 16.2. The van der Waals surface area contributed by atoms with Gasteiger partial charge in [-0.1, -0.05) is 6.92 Å². The van der Waals surface area contributed by atoms with Gasteiger partial charge in [0.15, 0.2) is 0 Å². The molecule has 2 aliphatic rings. The minimum absolute atomic E-state index is 0.0197. The summed E-state index contributed by atoms with van der Waals surface area (Å²) in [5.74, 6) is 0.667. The maximum absolute atomic E-state index is 11.8. The van der Waals surface area contributed by atoms with Crippen molar-refractivity contribution >= 4 is 17.6 Å². The minimum atomic E-state index is -0.147. The van der Waals surface area contributed by atoms with E-state index in [0.717, 1.165) is 25.7 Å². The summed E-state index contributed by atoms with van der Waals surface area (Å²) in [4.78, 5) is 36.2. The van der Waals surface area contributed by atoms with Crippen molar-refractivity contribution in [2.24, 2.45) is 17.8 Å². The molecule has 1 aliphatic heterocycles. The van der Waals surface area contributed by atoms with Gasteiger partial charge in [0.25, 0.3) is 0 Å². The monoisotopic (exact) mass is 251 g/mol. The van der Waals surface area contributed by atoms with Gasteiger partial charge in [0, 0.05) is 24.8 Å². The number of rotatable bonds is 3. The molecule has 0 spiro atoms. The van der Waals surface area contributed by atoms with Crippen LogP contribution in [0, 0.1) is 17.8 Å². The average molecular weight is 251 g/mol. The van der Waals surface area contributed by atoms with Crippen LogP contribution in [-0.4, -0.2) is 29.0 Å². The Kier molecular flexibility index (Phi) is 3.83. The van der Waals surface area contributed by atoms with Crippen molar-refractivity contribution in [1.82, 2.24) is 4.90 Å². The third-order valence-corrected chi connectivity index (χ3v) is 4.33. The van der Waals surface area contributed by atoms with Crippen molar-refractivity contribution in [2.45, 2.75) is 46.0 Å². The maximum Gasteiger partial charge on any atom is 0.232 e. The lowest BCUT2D eigenvalue weighted by Gasteiger charge is -2.29. The molecular formula is C14H21NO3. The van der Waals surface area contributed by atoms with E-state index in [-0.39, 0.29) is 29.4 Å². The van der Waals surface area contributed by atoms with Crippen molar-refractivity contribution in [2.75, 3.05) is 6.54 Å². The Morgan fingerprint density at radius 3 is 2.28 bits per heavy atom. The molecule has 0 aromatic heterocycles. The summed E-state index contributed by atoms with van der Waals surface area (Å²) in [5.41, 5.74) is 0. The summed E-state index contributed by atoms with van der Waals surface area (Å²) in [6, 6.07) is 0. The number of amides is 2. The zero-order valence-corrected chi connectivity index (χ0v) is 11.1. The average Bonchev–Trinajstić information content (AvgIpc) is 2.57. The summed E-state index contributed by atoms with van der Waals surface area (Å²) in [6.07, 6.45) is 4.09. The van der Waals surface area contributed by atoms with Crippen LogP contribution in [0.4, 0.5) is 0 Å². The molecule has 4 heteroatoms. The van der Waals surface area contributed by atoms with E-state index in [1.807, 2.05) is 6.92 Å². The van der Waals surface area contributed by atoms with Crippen LogP contribution in [0.1, 0.15) is 46.0 Å². The van der Waals surface area contributed by atoms with Crippen molar-refractivity contribution in [3.63, 3.8) is 0 Å². The first-order chi connectivity index (χ1) is 8.49. The molecule has 2 rings (SSSR count). The normalized spacial score (nSPS) is 33.0. The van der Waals surface area contributed by atoms with Crippen LogP contribution in [0.15, 0.2) is 0 Å². The predicted molar refractivity (Wildman–Crippen MR) is 66.6 cm³/mol. The van der Waals surface area contributed by atoms with Gasteiger partial charge in [-0.15, -0.1) is 0 Å². The first kappa shape index (κ1) is 13.2. The van der Waals surface area contributed by atoms with Crippen LogP contribution < -0.4 is 0 Å². The molecule has 0 aromatic carbocycles. The lowest BCUT2D eigenvalue weighted by atomic mass is 9.80. The number of ketones is 1. The zero-order chi connectivity index (χ0) is 13.3. The zero-order valence-electron chi connectivity index (χ0n) is 11.1. The van der Waals surface area contributed by atoms with Crippen LogP contribution in [0.5, 0.6) is 0 Å². The summed E-state index contributed by atoms with van der Waals surface area (Å²) in [6.45, 7) is 4.03. The fraction of sp³-hybridized carbons (Fsp3) is 0.786. The van der Waals surface area contributed by atoms with Gasteiger partial charge in [-0.05, 0) is 38.5 Å². The van der Waals surface area contributed by atoms with Crippen LogP contribution in [0.3, 0.4) is 0 Å². The fourth-order valence-corrected chi connectivity index (χ4v) is 3.05. The predicted octanol–water partition coefficient (Wildman–Crippen LogP) is 1.78. The van der Waals surface area contributed by atoms with E-state index in [1.165, 1.54) is 4.90 Å². The summed E-state index contributed by atoms with van der Waals surface area (Å²) in [7, 11) is 0. The molecule has 1 aliphatic carbocycles. The van der Waals surface area contributed by atoms with E-state index in [0.29, 0.717) is 18.9 Å². The molecule has 0 aromatic rings. The number of hydrogen-bond acceptors (Lipinski definition) is 3. The first-order valence-corrected chi connectivity index (χ1v) is 6.83. The van der Waals surface area contributed by atoms with Crippen molar-refractivity contribution in [3.8, 4) is 0 Å².